The van der Waals surface area contributed by atoms with Crippen LogP contribution in [0, 0.1) is 0 Å². The predicted octanol–water partition coefficient (Wildman–Crippen LogP) is -0.651. The molecular weight excluding hydrogens is 262 g/mol. The van der Waals surface area contributed by atoms with Gasteiger partial charge in [0.25, 0.3) is 0 Å². The third kappa shape index (κ3) is 5.68. The van der Waals surface area contributed by atoms with Crippen LogP contribution in [0.15, 0.2) is 30.3 Å². The number of hydrogen-bond acceptors (Lipinski definition) is 5. The number of ether oxygens (including phenoxy) is 1. The van der Waals surface area contributed by atoms with Crippen LogP contribution in [0.4, 0.5) is 4.79 Å². The maximum atomic E-state index is 11.5. The second-order valence-corrected chi connectivity index (χ2v) is 4.02. The highest BCUT2D eigenvalue weighted by Crippen LogP contribution is 2.00. The summed E-state index contributed by atoms with van der Waals surface area (Å²) in [4.78, 5) is 23.1. The van der Waals surface area contributed by atoms with E-state index in [2.05, 4.69) is 10.6 Å². The fourth-order valence-corrected chi connectivity index (χ4v) is 1.42. The number of aliphatic hydroxyl groups is 1. The first-order chi connectivity index (χ1) is 9.67. The van der Waals surface area contributed by atoms with Crippen molar-refractivity contribution in [1.29, 1.82) is 0 Å². The average molecular weight is 281 g/mol. The Morgan fingerprint density at radius 1 is 1.30 bits per heavy atom. The Morgan fingerprint density at radius 3 is 2.60 bits per heavy atom. The van der Waals surface area contributed by atoms with Gasteiger partial charge in [-0.3, -0.25) is 4.79 Å². The van der Waals surface area contributed by atoms with E-state index in [1.807, 2.05) is 30.3 Å². The number of aliphatic hydroxyl groups excluding tert-OH is 1. The van der Waals surface area contributed by atoms with Crippen molar-refractivity contribution >= 4 is 12.0 Å². The molecule has 0 aliphatic rings. The van der Waals surface area contributed by atoms with Crippen molar-refractivity contribution in [1.82, 2.24) is 10.6 Å². The first-order valence-corrected chi connectivity index (χ1v) is 6.23. The van der Waals surface area contributed by atoms with Crippen LogP contribution in [0.5, 0.6) is 0 Å². The van der Waals surface area contributed by atoms with Gasteiger partial charge >= 0.3 is 6.09 Å². The van der Waals surface area contributed by atoms with Crippen LogP contribution in [0.3, 0.4) is 0 Å². The van der Waals surface area contributed by atoms with Gasteiger partial charge in [0.2, 0.25) is 5.91 Å². The molecule has 1 aromatic carbocycles. The number of amides is 2. The van der Waals surface area contributed by atoms with Gasteiger partial charge in [-0.2, -0.15) is 0 Å². The minimum absolute atomic E-state index is 0.0925. The average Bonchev–Trinajstić information content (AvgIpc) is 2.49. The molecule has 0 fully saturated rings. The molecule has 0 aliphatic heterocycles. The topological polar surface area (TPSA) is 114 Å². The Hall–Kier alpha value is -2.12. The van der Waals surface area contributed by atoms with Crippen molar-refractivity contribution in [3.8, 4) is 0 Å². The monoisotopic (exact) mass is 281 g/mol. The number of nitrogens with two attached hydrogens (primary N) is 1. The van der Waals surface area contributed by atoms with Gasteiger partial charge in [0.05, 0.1) is 6.61 Å². The van der Waals surface area contributed by atoms with Crippen molar-refractivity contribution in [3.05, 3.63) is 35.9 Å². The smallest absolute Gasteiger partial charge is 0.408 e. The lowest BCUT2D eigenvalue weighted by atomic mass is 10.2. The first-order valence-electron chi connectivity index (χ1n) is 6.23. The van der Waals surface area contributed by atoms with Gasteiger partial charge in [-0.15, -0.1) is 0 Å². The quantitative estimate of drug-likeness (QED) is 0.530. The molecule has 1 atom stereocenters. The lowest BCUT2D eigenvalue weighted by molar-refractivity contribution is -0.123. The van der Waals surface area contributed by atoms with Crippen LogP contribution < -0.4 is 16.4 Å². The van der Waals surface area contributed by atoms with Gasteiger partial charge in [-0.05, 0) is 5.56 Å². The van der Waals surface area contributed by atoms with E-state index >= 15 is 0 Å². The van der Waals surface area contributed by atoms with Crippen LogP contribution in [-0.2, 0) is 16.1 Å². The van der Waals surface area contributed by atoms with E-state index in [-0.39, 0.29) is 19.7 Å². The van der Waals surface area contributed by atoms with Crippen LogP contribution in [-0.4, -0.2) is 42.8 Å². The van der Waals surface area contributed by atoms with Crippen LogP contribution in [0.25, 0.3) is 0 Å². The summed E-state index contributed by atoms with van der Waals surface area (Å²) in [7, 11) is 0. The highest BCUT2D eigenvalue weighted by atomic mass is 16.5. The SMILES string of the molecule is NCCNC(=O)[C@H](CO)NC(=O)OCc1ccccc1. The lowest BCUT2D eigenvalue weighted by Gasteiger charge is -2.15. The molecule has 0 unspecified atom stereocenters. The molecule has 0 saturated heterocycles. The molecule has 110 valence electrons. The Morgan fingerprint density at radius 2 is 2.00 bits per heavy atom. The van der Waals surface area contributed by atoms with Crippen LogP contribution >= 0.6 is 0 Å². The molecular formula is C13H19N3O4. The molecule has 7 nitrogen and oxygen atoms in total. The summed E-state index contributed by atoms with van der Waals surface area (Å²) in [5.41, 5.74) is 6.07. The number of nitrogens with one attached hydrogen (secondary N) is 2. The Kier molecular flexibility index (Phi) is 7.08. The molecule has 0 bridgehead atoms. The van der Waals surface area contributed by atoms with Gasteiger partial charge in [0.15, 0.2) is 0 Å². The number of carbonyl (C=O) groups is 2. The number of rotatable bonds is 7. The summed E-state index contributed by atoms with van der Waals surface area (Å²) in [6.07, 6.45) is -0.768. The van der Waals surface area contributed by atoms with Crippen molar-refractivity contribution in [3.63, 3.8) is 0 Å². The molecule has 0 saturated carbocycles. The van der Waals surface area contributed by atoms with E-state index in [9.17, 15) is 9.59 Å². The molecule has 1 aromatic rings. The fraction of sp³-hybridized carbons (Fsp3) is 0.385. The minimum Gasteiger partial charge on any atom is -0.445 e. The molecule has 20 heavy (non-hydrogen) atoms. The third-order valence-electron chi connectivity index (χ3n) is 2.45. The Bertz CT molecular complexity index is 425. The Balaban J connectivity index is 2.37. The molecule has 0 aromatic heterocycles. The molecule has 2 amide bonds. The highest BCUT2D eigenvalue weighted by molar-refractivity contribution is 5.85. The van der Waals surface area contributed by atoms with Gasteiger partial charge in [0, 0.05) is 13.1 Å². The zero-order valence-corrected chi connectivity index (χ0v) is 11.0. The maximum Gasteiger partial charge on any atom is 0.408 e. The maximum absolute atomic E-state index is 11.5. The van der Waals surface area contributed by atoms with E-state index in [0.717, 1.165) is 5.56 Å². The van der Waals surface area contributed by atoms with Gasteiger partial charge in [-0.1, -0.05) is 30.3 Å². The molecule has 0 aliphatic carbocycles. The lowest BCUT2D eigenvalue weighted by Crippen LogP contribution is -2.49. The van der Waals surface area contributed by atoms with Crippen LogP contribution in [0.2, 0.25) is 0 Å². The van der Waals surface area contributed by atoms with E-state index in [0.29, 0.717) is 0 Å². The fourth-order valence-electron chi connectivity index (χ4n) is 1.42. The highest BCUT2D eigenvalue weighted by Gasteiger charge is 2.19. The van der Waals surface area contributed by atoms with Crippen molar-refractivity contribution in [2.75, 3.05) is 19.7 Å². The molecule has 0 spiro atoms. The summed E-state index contributed by atoms with van der Waals surface area (Å²) in [6, 6.07) is 8.08. The van der Waals surface area contributed by atoms with Gasteiger partial charge in [0.1, 0.15) is 12.6 Å². The van der Waals surface area contributed by atoms with Crippen molar-refractivity contribution < 1.29 is 19.4 Å². The molecule has 0 radical (unpaired) electrons. The summed E-state index contributed by atoms with van der Waals surface area (Å²) in [5, 5.41) is 13.8. The number of alkyl carbamates (subject to hydrolysis) is 1. The van der Waals surface area contributed by atoms with Crippen molar-refractivity contribution in [2.45, 2.75) is 12.6 Å². The molecule has 7 heteroatoms. The third-order valence-corrected chi connectivity index (χ3v) is 2.45. The normalized spacial score (nSPS) is 11.5. The molecule has 5 N–H and O–H groups in total. The zero-order chi connectivity index (χ0) is 14.8. The predicted molar refractivity (Wildman–Crippen MR) is 72.7 cm³/mol. The first kappa shape index (κ1) is 15.9. The van der Waals surface area contributed by atoms with E-state index in [1.54, 1.807) is 0 Å². The summed E-state index contributed by atoms with van der Waals surface area (Å²) in [6.45, 7) is 0.129. The second-order valence-electron chi connectivity index (χ2n) is 4.02. The standard InChI is InChI=1S/C13H19N3O4/c14-6-7-15-12(18)11(8-17)16-13(19)20-9-10-4-2-1-3-5-10/h1-5,11,17H,6-9,14H2,(H,15,18)(H,16,19)/t11-/m0/s1. The number of hydrogen-bond donors (Lipinski definition) is 4. The van der Waals surface area contributed by atoms with E-state index in [4.69, 9.17) is 15.6 Å². The molecule has 1 rings (SSSR count). The summed E-state index contributed by atoms with van der Waals surface area (Å²) >= 11 is 0. The summed E-state index contributed by atoms with van der Waals surface area (Å²) in [5.74, 6) is -0.505. The molecule has 0 heterocycles. The number of carbonyl (C=O) groups excluding carboxylic acids is 2. The number of benzene rings is 1. The van der Waals surface area contributed by atoms with Gasteiger partial charge < -0.3 is 26.2 Å². The second kappa shape index (κ2) is 8.89. The largest absolute Gasteiger partial charge is 0.445 e. The van der Waals surface area contributed by atoms with E-state index in [1.165, 1.54) is 0 Å². The summed E-state index contributed by atoms with van der Waals surface area (Å²) < 4.78 is 4.95. The Labute approximate surface area is 117 Å². The van der Waals surface area contributed by atoms with Gasteiger partial charge in [-0.25, -0.2) is 4.79 Å². The minimum atomic E-state index is -1.05. The zero-order valence-electron chi connectivity index (χ0n) is 11.0. The van der Waals surface area contributed by atoms with Crippen molar-refractivity contribution in [2.24, 2.45) is 5.73 Å². The van der Waals surface area contributed by atoms with E-state index < -0.39 is 24.6 Å². The van der Waals surface area contributed by atoms with Crippen LogP contribution in [0.1, 0.15) is 5.56 Å².